The molecule has 1 amide bonds. The summed E-state index contributed by atoms with van der Waals surface area (Å²) < 4.78 is 7.07. The van der Waals surface area contributed by atoms with Crippen molar-refractivity contribution in [2.24, 2.45) is 12.0 Å². The molecular formula is C17H25IN6O2. The quantitative estimate of drug-likeness (QED) is 0.339. The second-order valence-corrected chi connectivity index (χ2v) is 5.44. The molecule has 0 aliphatic carbocycles. The van der Waals surface area contributed by atoms with Crippen molar-refractivity contribution in [3.63, 3.8) is 0 Å². The molecule has 142 valence electrons. The molecule has 0 atom stereocenters. The van der Waals surface area contributed by atoms with Gasteiger partial charge in [-0.1, -0.05) is 6.07 Å². The van der Waals surface area contributed by atoms with E-state index in [9.17, 15) is 4.79 Å². The fraction of sp³-hybridized carbons (Fsp3) is 0.353. The number of aromatic nitrogens is 2. The first-order valence-corrected chi connectivity index (χ1v) is 7.89. The molecule has 0 saturated carbocycles. The van der Waals surface area contributed by atoms with Gasteiger partial charge in [0.2, 0.25) is 5.91 Å². The smallest absolute Gasteiger partial charge is 0.221 e. The maximum Gasteiger partial charge on any atom is 0.221 e. The number of ether oxygens (including phenoxy) is 1. The maximum absolute atomic E-state index is 11.3. The van der Waals surface area contributed by atoms with E-state index in [1.165, 1.54) is 6.92 Å². The molecule has 26 heavy (non-hydrogen) atoms. The molecule has 1 aromatic carbocycles. The van der Waals surface area contributed by atoms with Gasteiger partial charge >= 0.3 is 0 Å². The number of nitrogens with zero attached hydrogens (tertiary/aromatic N) is 3. The largest absolute Gasteiger partial charge is 0.495 e. The zero-order chi connectivity index (χ0) is 18.2. The lowest BCUT2D eigenvalue weighted by atomic mass is 10.2. The number of hydrogen-bond acceptors (Lipinski definition) is 4. The molecular weight excluding hydrogens is 447 g/mol. The highest BCUT2D eigenvalue weighted by Crippen LogP contribution is 2.25. The molecule has 0 fully saturated rings. The summed E-state index contributed by atoms with van der Waals surface area (Å²) in [7, 11) is 5.19. The van der Waals surface area contributed by atoms with Gasteiger partial charge in [0.15, 0.2) is 5.96 Å². The van der Waals surface area contributed by atoms with Crippen molar-refractivity contribution in [2.45, 2.75) is 20.0 Å². The number of aliphatic imine (C=N–C) groups is 1. The number of guanidine groups is 1. The predicted molar refractivity (Wildman–Crippen MR) is 113 cm³/mol. The number of halogens is 1. The van der Waals surface area contributed by atoms with E-state index in [0.717, 1.165) is 11.3 Å². The third-order valence-electron chi connectivity index (χ3n) is 3.62. The van der Waals surface area contributed by atoms with Crippen LogP contribution in [0.5, 0.6) is 5.75 Å². The first kappa shape index (κ1) is 21.7. The van der Waals surface area contributed by atoms with Gasteiger partial charge < -0.3 is 20.7 Å². The first-order chi connectivity index (χ1) is 12.0. The van der Waals surface area contributed by atoms with Crippen molar-refractivity contribution >= 4 is 41.5 Å². The zero-order valence-corrected chi connectivity index (χ0v) is 17.7. The van der Waals surface area contributed by atoms with Gasteiger partial charge in [0.1, 0.15) is 5.75 Å². The number of carbonyl (C=O) groups is 1. The molecule has 0 saturated heterocycles. The number of methoxy groups -OCH3 is 1. The molecule has 0 aliphatic rings. The molecule has 2 aromatic rings. The average Bonchev–Trinajstić information content (AvgIpc) is 3.00. The number of nitrogens with one attached hydrogen (secondary N) is 3. The molecule has 0 radical (unpaired) electrons. The summed E-state index contributed by atoms with van der Waals surface area (Å²) in [5.74, 6) is 1.16. The van der Waals surface area contributed by atoms with E-state index in [4.69, 9.17) is 4.74 Å². The molecule has 8 nitrogen and oxygen atoms in total. The van der Waals surface area contributed by atoms with E-state index in [1.807, 2.05) is 36.0 Å². The predicted octanol–water partition coefficient (Wildman–Crippen LogP) is 1.87. The van der Waals surface area contributed by atoms with E-state index < -0.39 is 0 Å². The molecule has 1 heterocycles. The highest BCUT2D eigenvalue weighted by molar-refractivity contribution is 14.0. The van der Waals surface area contributed by atoms with Gasteiger partial charge in [-0.2, -0.15) is 5.10 Å². The topological polar surface area (TPSA) is 92.6 Å². The Bertz CT molecular complexity index is 759. The van der Waals surface area contributed by atoms with Crippen molar-refractivity contribution in [3.05, 3.63) is 41.7 Å². The van der Waals surface area contributed by atoms with Gasteiger partial charge in [0.25, 0.3) is 0 Å². The van der Waals surface area contributed by atoms with Gasteiger partial charge in [-0.25, -0.2) is 0 Å². The van der Waals surface area contributed by atoms with Crippen LogP contribution in [0.25, 0.3) is 0 Å². The van der Waals surface area contributed by atoms with E-state index in [1.54, 1.807) is 20.4 Å². The Morgan fingerprint density at radius 2 is 2.00 bits per heavy atom. The minimum Gasteiger partial charge on any atom is -0.495 e. The van der Waals surface area contributed by atoms with E-state index >= 15 is 0 Å². The number of carbonyl (C=O) groups excluding carboxylic acids is 1. The Morgan fingerprint density at radius 1 is 1.27 bits per heavy atom. The Hall–Kier alpha value is -2.30. The lowest BCUT2D eigenvalue weighted by Crippen LogP contribution is -2.36. The molecule has 0 unspecified atom stereocenters. The molecule has 2 rings (SSSR count). The number of amides is 1. The molecule has 1 aromatic heterocycles. The van der Waals surface area contributed by atoms with Crippen molar-refractivity contribution in [2.75, 3.05) is 19.5 Å². The summed E-state index contributed by atoms with van der Waals surface area (Å²) in [5.41, 5.74) is 2.69. The monoisotopic (exact) mass is 472 g/mol. The summed E-state index contributed by atoms with van der Waals surface area (Å²) >= 11 is 0. The Kier molecular flexibility index (Phi) is 8.90. The SMILES string of the molecule is CN=C(NCc1ccc(OC)c(NC(C)=O)c1)NCc1ccnn1C.I. The van der Waals surface area contributed by atoms with E-state index in [2.05, 4.69) is 26.0 Å². The molecule has 3 N–H and O–H groups in total. The van der Waals surface area contributed by atoms with Crippen LogP contribution in [0.2, 0.25) is 0 Å². The van der Waals surface area contributed by atoms with Crippen molar-refractivity contribution in [3.8, 4) is 5.75 Å². The standard InChI is InChI=1S/C17H24N6O2.HI/c1-12(24)22-15-9-13(5-6-16(15)25-4)10-19-17(18-2)20-11-14-7-8-21-23(14)3;/h5-9H,10-11H2,1-4H3,(H,22,24)(H2,18,19,20);1H. The number of aryl methyl sites for hydroxylation is 1. The van der Waals surface area contributed by atoms with Crippen molar-refractivity contribution < 1.29 is 9.53 Å². The van der Waals surface area contributed by atoms with Crippen molar-refractivity contribution in [1.29, 1.82) is 0 Å². The van der Waals surface area contributed by atoms with Crippen LogP contribution in [0.15, 0.2) is 35.5 Å². The number of hydrogen-bond donors (Lipinski definition) is 3. The van der Waals surface area contributed by atoms with Crippen LogP contribution in [0.3, 0.4) is 0 Å². The Morgan fingerprint density at radius 3 is 2.58 bits per heavy atom. The lowest BCUT2D eigenvalue weighted by Gasteiger charge is -2.14. The average molecular weight is 472 g/mol. The molecule has 0 bridgehead atoms. The van der Waals surface area contributed by atoms with Gasteiger partial charge in [0, 0.05) is 33.8 Å². The fourth-order valence-electron chi connectivity index (χ4n) is 2.31. The highest BCUT2D eigenvalue weighted by atomic mass is 127. The first-order valence-electron chi connectivity index (χ1n) is 7.89. The molecule has 9 heteroatoms. The maximum atomic E-state index is 11.3. The Balaban J connectivity index is 0.00000338. The van der Waals surface area contributed by atoms with Gasteiger partial charge in [-0.15, -0.1) is 24.0 Å². The summed E-state index contributed by atoms with van der Waals surface area (Å²) in [5, 5.41) is 13.4. The summed E-state index contributed by atoms with van der Waals surface area (Å²) in [4.78, 5) is 15.5. The van der Waals surface area contributed by atoms with Crippen LogP contribution in [0.1, 0.15) is 18.2 Å². The second-order valence-electron chi connectivity index (χ2n) is 5.44. The fourth-order valence-corrected chi connectivity index (χ4v) is 2.31. The molecule has 0 aliphatic heterocycles. The third-order valence-corrected chi connectivity index (χ3v) is 3.62. The zero-order valence-electron chi connectivity index (χ0n) is 15.4. The van der Waals surface area contributed by atoms with Crippen LogP contribution in [-0.4, -0.2) is 35.8 Å². The van der Waals surface area contributed by atoms with Gasteiger partial charge in [-0.3, -0.25) is 14.5 Å². The third kappa shape index (κ3) is 6.21. The normalized spacial score (nSPS) is 10.7. The second kappa shape index (κ2) is 10.6. The number of anilines is 1. The van der Waals surface area contributed by atoms with Crippen LogP contribution in [-0.2, 0) is 24.9 Å². The van der Waals surface area contributed by atoms with Crippen molar-refractivity contribution in [1.82, 2.24) is 20.4 Å². The minimum atomic E-state index is -0.142. The van der Waals surface area contributed by atoms with Crippen LogP contribution >= 0.6 is 24.0 Å². The summed E-state index contributed by atoms with van der Waals surface area (Å²) in [6.07, 6.45) is 1.76. The van der Waals surface area contributed by atoms with Gasteiger partial charge in [-0.05, 0) is 23.8 Å². The lowest BCUT2D eigenvalue weighted by molar-refractivity contribution is -0.114. The summed E-state index contributed by atoms with van der Waals surface area (Å²) in [6.45, 7) is 2.64. The van der Waals surface area contributed by atoms with Crippen LogP contribution in [0.4, 0.5) is 5.69 Å². The minimum absolute atomic E-state index is 0. The molecule has 0 spiro atoms. The van der Waals surface area contributed by atoms with Crippen LogP contribution in [0, 0.1) is 0 Å². The number of benzene rings is 1. The summed E-state index contributed by atoms with van der Waals surface area (Å²) in [6, 6.07) is 7.59. The van der Waals surface area contributed by atoms with E-state index in [0.29, 0.717) is 30.5 Å². The van der Waals surface area contributed by atoms with Gasteiger partial charge in [0.05, 0.1) is 25.0 Å². The Labute approximate surface area is 170 Å². The van der Waals surface area contributed by atoms with E-state index in [-0.39, 0.29) is 29.9 Å². The number of rotatable bonds is 6. The highest BCUT2D eigenvalue weighted by Gasteiger charge is 2.07. The van der Waals surface area contributed by atoms with Crippen LogP contribution < -0.4 is 20.7 Å².